The van der Waals surface area contributed by atoms with Gasteiger partial charge in [0.1, 0.15) is 5.82 Å². The average Bonchev–Trinajstić information content (AvgIpc) is 2.32. The van der Waals surface area contributed by atoms with Crippen LogP contribution in [-0.2, 0) is 6.54 Å². The smallest absolute Gasteiger partial charge is 0.123 e. The molecule has 0 spiro atoms. The third-order valence-electron chi connectivity index (χ3n) is 2.62. The number of hydrogen-bond donors (Lipinski definition) is 1. The van der Waals surface area contributed by atoms with E-state index in [1.54, 1.807) is 6.07 Å². The second-order valence-electron chi connectivity index (χ2n) is 3.90. The van der Waals surface area contributed by atoms with E-state index >= 15 is 0 Å². The van der Waals surface area contributed by atoms with Crippen molar-refractivity contribution in [2.75, 3.05) is 5.32 Å². The lowest BCUT2D eigenvalue weighted by molar-refractivity contribution is 0.626. The Morgan fingerprint density at radius 2 is 1.94 bits per heavy atom. The van der Waals surface area contributed by atoms with Crippen LogP contribution in [-0.4, -0.2) is 0 Å². The minimum atomic E-state index is -0.268. The summed E-state index contributed by atoms with van der Waals surface area (Å²) in [4.78, 5) is 0. The number of rotatable bonds is 3. The van der Waals surface area contributed by atoms with Gasteiger partial charge in [0.15, 0.2) is 0 Å². The summed E-state index contributed by atoms with van der Waals surface area (Å²) in [7, 11) is 0. The molecule has 0 aliphatic carbocycles. The molecule has 0 radical (unpaired) electrons. The van der Waals surface area contributed by atoms with Crippen molar-refractivity contribution in [1.82, 2.24) is 0 Å². The zero-order chi connectivity index (χ0) is 12.3. The van der Waals surface area contributed by atoms with Crippen LogP contribution < -0.4 is 5.32 Å². The third-order valence-corrected chi connectivity index (χ3v) is 2.99. The standard InChI is InChI=1S/C14H13ClFN/c1-10-4-2-3-5-14(10)17-9-11-8-12(16)6-7-13(11)15/h2-8,17H,9H2,1H3. The Morgan fingerprint density at radius 1 is 1.18 bits per heavy atom. The molecular formula is C14H13ClFN. The molecule has 0 fully saturated rings. The highest BCUT2D eigenvalue weighted by Crippen LogP contribution is 2.20. The summed E-state index contributed by atoms with van der Waals surface area (Å²) in [5, 5.41) is 3.82. The lowest BCUT2D eigenvalue weighted by Gasteiger charge is -2.10. The van der Waals surface area contributed by atoms with Gasteiger partial charge in [0.05, 0.1) is 0 Å². The number of anilines is 1. The molecule has 1 nitrogen and oxygen atoms in total. The predicted molar refractivity (Wildman–Crippen MR) is 69.9 cm³/mol. The van der Waals surface area contributed by atoms with Gasteiger partial charge in [-0.1, -0.05) is 29.8 Å². The first-order valence-electron chi connectivity index (χ1n) is 5.40. The van der Waals surface area contributed by atoms with E-state index < -0.39 is 0 Å². The average molecular weight is 250 g/mol. The van der Waals surface area contributed by atoms with Crippen LogP contribution in [0.1, 0.15) is 11.1 Å². The molecule has 0 heterocycles. The fraction of sp³-hybridized carbons (Fsp3) is 0.143. The van der Waals surface area contributed by atoms with E-state index in [9.17, 15) is 4.39 Å². The lowest BCUT2D eigenvalue weighted by Crippen LogP contribution is -2.01. The maximum absolute atomic E-state index is 13.1. The van der Waals surface area contributed by atoms with Gasteiger partial charge in [0.2, 0.25) is 0 Å². The molecule has 0 saturated heterocycles. The minimum Gasteiger partial charge on any atom is -0.381 e. The third kappa shape index (κ3) is 2.98. The lowest BCUT2D eigenvalue weighted by atomic mass is 10.1. The SMILES string of the molecule is Cc1ccccc1NCc1cc(F)ccc1Cl. The Bertz CT molecular complexity index is 525. The molecule has 0 unspecified atom stereocenters. The summed E-state index contributed by atoms with van der Waals surface area (Å²) in [5.41, 5.74) is 2.95. The van der Waals surface area contributed by atoms with Crippen LogP contribution in [0.3, 0.4) is 0 Å². The Morgan fingerprint density at radius 3 is 2.71 bits per heavy atom. The van der Waals surface area contributed by atoms with Crippen LogP contribution in [0, 0.1) is 12.7 Å². The fourth-order valence-corrected chi connectivity index (χ4v) is 1.82. The molecule has 17 heavy (non-hydrogen) atoms. The van der Waals surface area contributed by atoms with Crippen LogP contribution in [0.2, 0.25) is 5.02 Å². The van der Waals surface area contributed by atoms with Crippen molar-refractivity contribution in [2.24, 2.45) is 0 Å². The molecule has 2 aromatic carbocycles. The fourth-order valence-electron chi connectivity index (χ4n) is 1.64. The van der Waals surface area contributed by atoms with Gasteiger partial charge in [-0.05, 0) is 42.3 Å². The Kier molecular flexibility index (Phi) is 3.64. The molecule has 2 aromatic rings. The minimum absolute atomic E-state index is 0.268. The summed E-state index contributed by atoms with van der Waals surface area (Å²) >= 11 is 6.00. The van der Waals surface area contributed by atoms with Gasteiger partial charge >= 0.3 is 0 Å². The molecule has 0 aromatic heterocycles. The highest BCUT2D eigenvalue weighted by molar-refractivity contribution is 6.31. The van der Waals surface area contributed by atoms with Gasteiger partial charge in [-0.2, -0.15) is 0 Å². The summed E-state index contributed by atoms with van der Waals surface area (Å²) < 4.78 is 13.1. The van der Waals surface area contributed by atoms with Crippen LogP contribution in [0.4, 0.5) is 10.1 Å². The Labute approximate surface area is 105 Å². The van der Waals surface area contributed by atoms with Crippen LogP contribution in [0.25, 0.3) is 0 Å². The first-order valence-corrected chi connectivity index (χ1v) is 5.78. The summed E-state index contributed by atoms with van der Waals surface area (Å²) in [5.74, 6) is -0.268. The van der Waals surface area contributed by atoms with E-state index in [-0.39, 0.29) is 5.82 Å². The number of hydrogen-bond acceptors (Lipinski definition) is 1. The van der Waals surface area contributed by atoms with Gasteiger partial charge in [-0.25, -0.2) is 4.39 Å². The second kappa shape index (κ2) is 5.19. The van der Waals surface area contributed by atoms with Gasteiger partial charge in [-0.15, -0.1) is 0 Å². The van der Waals surface area contributed by atoms with Crippen molar-refractivity contribution in [1.29, 1.82) is 0 Å². The molecular weight excluding hydrogens is 237 g/mol. The van der Waals surface area contributed by atoms with Crippen LogP contribution in [0.5, 0.6) is 0 Å². The number of nitrogens with one attached hydrogen (secondary N) is 1. The van der Waals surface area contributed by atoms with Crippen molar-refractivity contribution < 1.29 is 4.39 Å². The Balaban J connectivity index is 2.12. The van der Waals surface area contributed by atoms with Crippen LogP contribution >= 0.6 is 11.6 Å². The zero-order valence-corrected chi connectivity index (χ0v) is 10.3. The van der Waals surface area contributed by atoms with E-state index in [4.69, 9.17) is 11.6 Å². The largest absolute Gasteiger partial charge is 0.381 e. The van der Waals surface area contributed by atoms with Gasteiger partial charge in [0.25, 0.3) is 0 Å². The zero-order valence-electron chi connectivity index (χ0n) is 9.50. The normalized spacial score (nSPS) is 10.3. The Hall–Kier alpha value is -1.54. The molecule has 0 aliphatic heterocycles. The molecule has 0 saturated carbocycles. The molecule has 0 bridgehead atoms. The highest BCUT2D eigenvalue weighted by Gasteiger charge is 2.03. The first-order chi connectivity index (χ1) is 8.16. The molecule has 88 valence electrons. The van der Waals surface area contributed by atoms with E-state index in [0.717, 1.165) is 16.8 Å². The molecule has 0 aliphatic rings. The number of benzene rings is 2. The van der Waals surface area contributed by atoms with Crippen molar-refractivity contribution in [3.63, 3.8) is 0 Å². The maximum atomic E-state index is 13.1. The van der Waals surface area contributed by atoms with E-state index in [1.807, 2.05) is 31.2 Å². The summed E-state index contributed by atoms with van der Waals surface area (Å²) in [6, 6.07) is 12.3. The van der Waals surface area contributed by atoms with Gasteiger partial charge < -0.3 is 5.32 Å². The topological polar surface area (TPSA) is 12.0 Å². The van der Waals surface area contributed by atoms with Crippen molar-refractivity contribution in [2.45, 2.75) is 13.5 Å². The summed E-state index contributed by atoms with van der Waals surface area (Å²) in [6.07, 6.45) is 0. The molecule has 2 rings (SSSR count). The van der Waals surface area contributed by atoms with Gasteiger partial charge in [-0.3, -0.25) is 0 Å². The number of para-hydroxylation sites is 1. The number of aryl methyl sites for hydroxylation is 1. The molecule has 1 N–H and O–H groups in total. The molecule has 0 atom stereocenters. The predicted octanol–water partition coefficient (Wildman–Crippen LogP) is 4.40. The monoisotopic (exact) mass is 249 g/mol. The van der Waals surface area contributed by atoms with E-state index in [2.05, 4.69) is 5.32 Å². The maximum Gasteiger partial charge on any atom is 0.123 e. The second-order valence-corrected chi connectivity index (χ2v) is 4.31. The van der Waals surface area contributed by atoms with Gasteiger partial charge in [0, 0.05) is 17.3 Å². The highest BCUT2D eigenvalue weighted by atomic mass is 35.5. The molecule has 0 amide bonds. The quantitative estimate of drug-likeness (QED) is 0.850. The summed E-state index contributed by atoms with van der Waals surface area (Å²) in [6.45, 7) is 2.54. The molecule has 3 heteroatoms. The van der Waals surface area contributed by atoms with E-state index in [1.165, 1.54) is 12.1 Å². The van der Waals surface area contributed by atoms with Crippen molar-refractivity contribution in [3.8, 4) is 0 Å². The van der Waals surface area contributed by atoms with Crippen LogP contribution in [0.15, 0.2) is 42.5 Å². The van der Waals surface area contributed by atoms with Crippen molar-refractivity contribution in [3.05, 3.63) is 64.4 Å². The van der Waals surface area contributed by atoms with E-state index in [0.29, 0.717) is 11.6 Å². The number of halogens is 2. The van der Waals surface area contributed by atoms with Crippen molar-refractivity contribution >= 4 is 17.3 Å². The first kappa shape index (κ1) is 11.9.